The molecule has 0 bridgehead atoms. The quantitative estimate of drug-likeness (QED) is 0.639. The van der Waals surface area contributed by atoms with E-state index in [9.17, 15) is 8.42 Å². The highest BCUT2D eigenvalue weighted by molar-refractivity contribution is 7.90. The molecule has 0 aliphatic carbocycles. The molecule has 1 aliphatic rings. The number of likely N-dealkylation sites (N-methyl/N-ethyl adjacent to an activating group) is 1. The second-order valence-corrected chi connectivity index (χ2v) is 7.08. The van der Waals surface area contributed by atoms with Gasteiger partial charge in [0.2, 0.25) is 10.0 Å². The predicted octanol–water partition coefficient (Wildman–Crippen LogP) is -0.375. The lowest BCUT2D eigenvalue weighted by Gasteiger charge is -2.32. The van der Waals surface area contributed by atoms with E-state index in [1.165, 1.54) is 0 Å². The molecule has 0 aromatic heterocycles. The fourth-order valence-electron chi connectivity index (χ4n) is 2.00. The fourth-order valence-corrected chi connectivity index (χ4v) is 3.04. The summed E-state index contributed by atoms with van der Waals surface area (Å²) in [6.45, 7) is 10.7. The molecule has 0 spiro atoms. The molecular weight excluding hydrogens is 266 g/mol. The van der Waals surface area contributed by atoms with Crippen molar-refractivity contribution < 1.29 is 13.2 Å². The normalized spacial score (nSPS) is 23.4. The van der Waals surface area contributed by atoms with Gasteiger partial charge in [0.05, 0.1) is 18.0 Å². The van der Waals surface area contributed by atoms with Gasteiger partial charge < -0.3 is 10.1 Å². The van der Waals surface area contributed by atoms with Gasteiger partial charge in [-0.2, -0.15) is 0 Å². The van der Waals surface area contributed by atoms with E-state index in [0.717, 1.165) is 26.2 Å². The van der Waals surface area contributed by atoms with Gasteiger partial charge in [0.15, 0.2) is 0 Å². The van der Waals surface area contributed by atoms with Crippen molar-refractivity contribution in [2.24, 2.45) is 0 Å². The summed E-state index contributed by atoms with van der Waals surface area (Å²) in [7, 11) is -3.27. The number of ether oxygens (including phenoxy) is 1. The van der Waals surface area contributed by atoms with Gasteiger partial charge in [-0.1, -0.05) is 13.8 Å². The van der Waals surface area contributed by atoms with E-state index in [1.54, 1.807) is 6.92 Å². The molecular formula is C12H27N3O3S. The molecule has 114 valence electrons. The third kappa shape index (κ3) is 5.74. The van der Waals surface area contributed by atoms with Crippen LogP contribution in [0.1, 0.15) is 20.8 Å². The maximum absolute atomic E-state index is 12.0. The molecule has 6 nitrogen and oxygen atoms in total. The minimum Gasteiger partial charge on any atom is -0.374 e. The van der Waals surface area contributed by atoms with Gasteiger partial charge in [0, 0.05) is 26.2 Å². The fraction of sp³-hybridized carbons (Fsp3) is 1.00. The second kappa shape index (κ2) is 8.16. The van der Waals surface area contributed by atoms with Crippen molar-refractivity contribution in [3.05, 3.63) is 0 Å². The zero-order chi connectivity index (χ0) is 14.3. The van der Waals surface area contributed by atoms with Crippen LogP contribution >= 0.6 is 0 Å². The maximum atomic E-state index is 12.0. The molecule has 1 saturated heterocycles. The minimum absolute atomic E-state index is 0.0465. The molecule has 1 fully saturated rings. The van der Waals surface area contributed by atoms with E-state index in [2.05, 4.69) is 21.9 Å². The van der Waals surface area contributed by atoms with Crippen LogP contribution in [0.3, 0.4) is 0 Å². The highest BCUT2D eigenvalue weighted by Crippen LogP contribution is 2.05. The van der Waals surface area contributed by atoms with Crippen LogP contribution in [0.15, 0.2) is 0 Å². The first kappa shape index (κ1) is 16.8. The van der Waals surface area contributed by atoms with Crippen LogP contribution < -0.4 is 10.0 Å². The van der Waals surface area contributed by atoms with E-state index in [1.807, 2.05) is 6.92 Å². The molecule has 0 aromatic rings. The summed E-state index contributed by atoms with van der Waals surface area (Å²) >= 11 is 0. The Balaban J connectivity index is 2.37. The third-order valence-electron chi connectivity index (χ3n) is 3.39. The van der Waals surface area contributed by atoms with Crippen molar-refractivity contribution in [2.75, 3.05) is 45.9 Å². The van der Waals surface area contributed by atoms with Crippen molar-refractivity contribution in [2.45, 2.75) is 32.1 Å². The van der Waals surface area contributed by atoms with Gasteiger partial charge in [-0.3, -0.25) is 4.90 Å². The van der Waals surface area contributed by atoms with E-state index in [0.29, 0.717) is 19.7 Å². The molecule has 1 aliphatic heterocycles. The molecule has 0 amide bonds. The Hall–Kier alpha value is -0.210. The Bertz CT molecular complexity index is 348. The maximum Gasteiger partial charge on any atom is 0.215 e. The van der Waals surface area contributed by atoms with Crippen molar-refractivity contribution >= 4 is 10.0 Å². The smallest absolute Gasteiger partial charge is 0.215 e. The van der Waals surface area contributed by atoms with Gasteiger partial charge in [-0.25, -0.2) is 13.1 Å². The van der Waals surface area contributed by atoms with Crippen molar-refractivity contribution in [3.8, 4) is 0 Å². The topological polar surface area (TPSA) is 70.7 Å². The summed E-state index contributed by atoms with van der Waals surface area (Å²) in [4.78, 5) is 2.27. The van der Waals surface area contributed by atoms with Crippen molar-refractivity contribution in [3.63, 3.8) is 0 Å². The van der Waals surface area contributed by atoms with Crippen LogP contribution in [0.25, 0.3) is 0 Å². The molecule has 0 radical (unpaired) electrons. The second-order valence-electron chi connectivity index (χ2n) is 4.90. The number of sulfonamides is 1. The minimum atomic E-state index is -3.27. The molecule has 19 heavy (non-hydrogen) atoms. The van der Waals surface area contributed by atoms with Crippen molar-refractivity contribution in [1.82, 2.24) is 14.9 Å². The predicted molar refractivity (Wildman–Crippen MR) is 76.8 cm³/mol. The van der Waals surface area contributed by atoms with Crippen LogP contribution in [-0.4, -0.2) is 70.5 Å². The molecule has 1 heterocycles. The van der Waals surface area contributed by atoms with Crippen LogP contribution in [-0.2, 0) is 14.8 Å². The summed E-state index contributed by atoms with van der Waals surface area (Å²) in [6, 6.07) is 0. The average molecular weight is 293 g/mol. The van der Waals surface area contributed by atoms with Gasteiger partial charge in [-0.15, -0.1) is 0 Å². The first-order valence-electron chi connectivity index (χ1n) is 7.02. The molecule has 0 saturated carbocycles. The largest absolute Gasteiger partial charge is 0.374 e. The number of rotatable bonds is 8. The van der Waals surface area contributed by atoms with Gasteiger partial charge >= 0.3 is 0 Å². The zero-order valence-corrected chi connectivity index (χ0v) is 13.0. The van der Waals surface area contributed by atoms with E-state index in [4.69, 9.17) is 4.74 Å². The number of hydrogen-bond donors (Lipinski definition) is 2. The molecule has 1 rings (SSSR count). The summed E-state index contributed by atoms with van der Waals surface area (Å²) in [5, 5.41) is 2.62. The van der Waals surface area contributed by atoms with Gasteiger partial charge in [-0.05, 0) is 20.0 Å². The SMILES string of the molecule is CCNCC(C)S(=O)(=O)NCC1CN(CC)CCO1. The van der Waals surface area contributed by atoms with E-state index in [-0.39, 0.29) is 6.10 Å². The molecule has 2 atom stereocenters. The van der Waals surface area contributed by atoms with E-state index < -0.39 is 15.3 Å². The van der Waals surface area contributed by atoms with Crippen molar-refractivity contribution in [1.29, 1.82) is 0 Å². The number of nitrogens with one attached hydrogen (secondary N) is 2. The Kier molecular flexibility index (Phi) is 7.23. The standard InChI is InChI=1S/C12H27N3O3S/c1-4-13-8-11(3)19(16,17)14-9-12-10-15(5-2)6-7-18-12/h11-14H,4-10H2,1-3H3. The lowest BCUT2D eigenvalue weighted by molar-refractivity contribution is -0.0229. The Morgan fingerprint density at radius 1 is 1.42 bits per heavy atom. The summed E-state index contributed by atoms with van der Waals surface area (Å²) in [5.74, 6) is 0. The molecule has 2 N–H and O–H groups in total. The van der Waals surface area contributed by atoms with Crippen LogP contribution in [0, 0.1) is 0 Å². The lowest BCUT2D eigenvalue weighted by atomic mass is 10.3. The summed E-state index contributed by atoms with van der Waals surface area (Å²) in [5.41, 5.74) is 0. The average Bonchev–Trinajstić information content (AvgIpc) is 2.42. The summed E-state index contributed by atoms with van der Waals surface area (Å²) < 4.78 is 32.3. The molecule has 0 aromatic carbocycles. The van der Waals surface area contributed by atoms with Gasteiger partial charge in [0.1, 0.15) is 0 Å². The first-order chi connectivity index (χ1) is 8.99. The zero-order valence-electron chi connectivity index (χ0n) is 12.2. The Labute approximate surface area is 116 Å². The Morgan fingerprint density at radius 3 is 2.79 bits per heavy atom. The monoisotopic (exact) mass is 293 g/mol. The number of hydrogen-bond acceptors (Lipinski definition) is 5. The highest BCUT2D eigenvalue weighted by atomic mass is 32.2. The number of morpholine rings is 1. The van der Waals surface area contributed by atoms with Crippen LogP contribution in [0.5, 0.6) is 0 Å². The first-order valence-corrected chi connectivity index (χ1v) is 8.57. The van der Waals surface area contributed by atoms with Crippen LogP contribution in [0.2, 0.25) is 0 Å². The van der Waals surface area contributed by atoms with E-state index >= 15 is 0 Å². The number of nitrogens with zero attached hydrogens (tertiary/aromatic N) is 1. The summed E-state index contributed by atoms with van der Waals surface area (Å²) in [6.07, 6.45) is -0.0465. The Morgan fingerprint density at radius 2 is 2.16 bits per heavy atom. The third-order valence-corrected chi connectivity index (χ3v) is 5.19. The van der Waals surface area contributed by atoms with Crippen LogP contribution in [0.4, 0.5) is 0 Å². The molecule has 7 heteroatoms. The lowest BCUT2D eigenvalue weighted by Crippen LogP contribution is -2.49. The molecule has 2 unspecified atom stereocenters. The van der Waals surface area contributed by atoms with Gasteiger partial charge in [0.25, 0.3) is 0 Å². The highest BCUT2D eigenvalue weighted by Gasteiger charge is 2.24.